The lowest BCUT2D eigenvalue weighted by atomic mass is 9.86. The van der Waals surface area contributed by atoms with Crippen LogP contribution in [0.25, 0.3) is 12.2 Å². The van der Waals surface area contributed by atoms with Gasteiger partial charge < -0.3 is 4.42 Å². The van der Waals surface area contributed by atoms with E-state index in [1.165, 1.54) is 19.3 Å². The average molecular weight is 339 g/mol. The fourth-order valence-electron chi connectivity index (χ4n) is 3.17. The van der Waals surface area contributed by atoms with Gasteiger partial charge in [-0.25, -0.2) is 4.79 Å². The van der Waals surface area contributed by atoms with Gasteiger partial charge in [0.1, 0.15) is 5.42 Å². The van der Waals surface area contributed by atoms with E-state index in [2.05, 4.69) is 0 Å². The Morgan fingerprint density at radius 3 is 2.17 bits per heavy atom. The number of hydrogen-bond donors (Lipinski definition) is 0. The third-order valence-corrected chi connectivity index (χ3v) is 4.92. The van der Waals surface area contributed by atoms with Crippen molar-refractivity contribution in [2.24, 2.45) is 0 Å². The van der Waals surface area contributed by atoms with Crippen LogP contribution in [0.5, 0.6) is 0 Å². The summed E-state index contributed by atoms with van der Waals surface area (Å²) in [4.78, 5) is 11.9. The third-order valence-electron chi connectivity index (χ3n) is 4.41. The van der Waals surface area contributed by atoms with Crippen LogP contribution in [0.1, 0.15) is 78.2 Å². The average Bonchev–Trinajstić information content (AvgIpc) is 2.55. The summed E-state index contributed by atoms with van der Waals surface area (Å²) < 4.78 is 5.42. The van der Waals surface area contributed by atoms with E-state index in [9.17, 15) is 4.79 Å². The fraction of sp³-hybridized carbons (Fsp3) is 0.650. The molecular formula is C20H31ClO2. The maximum atomic E-state index is 12.2. The minimum absolute atomic E-state index is 0.240. The maximum Gasteiger partial charge on any atom is 0.339 e. The van der Waals surface area contributed by atoms with E-state index >= 15 is 0 Å². The second-order valence-electron chi connectivity index (χ2n) is 6.05. The molecule has 0 atom stereocenters. The van der Waals surface area contributed by atoms with Crippen molar-refractivity contribution in [1.82, 2.24) is 0 Å². The SMILES string of the molecule is C/C=c1/cc(CC2(Cl)CCCCCCC2)c(=O)o/c1=C/C.CC. The lowest BCUT2D eigenvalue weighted by Gasteiger charge is -2.28. The molecule has 0 amide bonds. The molecular weight excluding hydrogens is 308 g/mol. The van der Waals surface area contributed by atoms with Crippen LogP contribution in [0.4, 0.5) is 0 Å². The van der Waals surface area contributed by atoms with Crippen molar-refractivity contribution < 1.29 is 4.42 Å². The van der Waals surface area contributed by atoms with Crippen molar-refractivity contribution in [1.29, 1.82) is 0 Å². The Morgan fingerprint density at radius 2 is 1.65 bits per heavy atom. The fourth-order valence-corrected chi connectivity index (χ4v) is 3.58. The topological polar surface area (TPSA) is 30.2 Å². The third kappa shape index (κ3) is 5.84. The highest BCUT2D eigenvalue weighted by Gasteiger charge is 2.29. The molecule has 1 heterocycles. The standard InChI is InChI=1S/C18H25ClO2.C2H6/c1-3-14-12-15(17(20)21-16(14)4-2)13-18(19)10-8-6-5-7-9-11-18;1-2/h3-4,12H,5-11,13H2,1-2H3;1-2H3/b14-3-,16-4+;. The molecule has 1 aromatic heterocycles. The first-order valence-electron chi connectivity index (χ1n) is 9.02. The van der Waals surface area contributed by atoms with E-state index in [1.807, 2.05) is 45.9 Å². The molecule has 0 saturated heterocycles. The van der Waals surface area contributed by atoms with Gasteiger partial charge in [0.15, 0.2) is 0 Å². The first-order chi connectivity index (χ1) is 11.1. The Labute approximate surface area is 145 Å². The van der Waals surface area contributed by atoms with E-state index in [-0.39, 0.29) is 10.5 Å². The normalized spacial score (nSPS) is 19.5. The predicted molar refractivity (Wildman–Crippen MR) is 100 cm³/mol. The van der Waals surface area contributed by atoms with Gasteiger partial charge in [0, 0.05) is 15.7 Å². The van der Waals surface area contributed by atoms with Crippen LogP contribution in [0, 0.1) is 0 Å². The largest absolute Gasteiger partial charge is 0.423 e. The van der Waals surface area contributed by atoms with Crippen molar-refractivity contribution in [3.63, 3.8) is 0 Å². The Kier molecular flexibility index (Phi) is 8.68. The summed E-state index contributed by atoms with van der Waals surface area (Å²) in [7, 11) is 0. The summed E-state index contributed by atoms with van der Waals surface area (Å²) in [5.41, 5.74) is 1.12. The Balaban J connectivity index is 0.00000127. The highest BCUT2D eigenvalue weighted by Crippen LogP contribution is 2.34. The second-order valence-corrected chi connectivity index (χ2v) is 6.85. The van der Waals surface area contributed by atoms with Crippen molar-refractivity contribution in [3.8, 4) is 0 Å². The highest BCUT2D eigenvalue weighted by molar-refractivity contribution is 6.24. The first kappa shape index (κ1) is 20.0. The first-order valence-corrected chi connectivity index (χ1v) is 9.40. The van der Waals surface area contributed by atoms with Gasteiger partial charge >= 0.3 is 5.63 Å². The molecule has 0 aromatic carbocycles. The molecule has 0 N–H and O–H groups in total. The second kappa shape index (κ2) is 9.97. The molecule has 1 aromatic rings. The summed E-state index contributed by atoms with van der Waals surface area (Å²) in [5, 5.41) is 0.971. The quantitative estimate of drug-likeness (QED) is 0.741. The molecule has 23 heavy (non-hydrogen) atoms. The van der Waals surface area contributed by atoms with Crippen LogP contribution < -0.4 is 16.3 Å². The van der Waals surface area contributed by atoms with E-state index in [4.69, 9.17) is 16.0 Å². The van der Waals surface area contributed by atoms with Gasteiger partial charge in [-0.15, -0.1) is 11.6 Å². The summed E-state index contributed by atoms with van der Waals surface area (Å²) in [6, 6.07) is 1.95. The molecule has 3 heteroatoms. The van der Waals surface area contributed by atoms with Crippen LogP contribution in [-0.4, -0.2) is 4.87 Å². The van der Waals surface area contributed by atoms with Crippen LogP contribution in [-0.2, 0) is 6.42 Å². The Morgan fingerprint density at radius 1 is 1.09 bits per heavy atom. The summed E-state index contributed by atoms with van der Waals surface area (Å²) in [6.45, 7) is 7.83. The smallest absolute Gasteiger partial charge is 0.339 e. The zero-order chi connectivity index (χ0) is 17.3. The molecule has 0 radical (unpaired) electrons. The molecule has 2 nitrogen and oxygen atoms in total. The number of halogens is 1. The van der Waals surface area contributed by atoms with Crippen LogP contribution in [0.2, 0.25) is 0 Å². The van der Waals surface area contributed by atoms with Crippen molar-refractivity contribution in [3.05, 3.63) is 32.7 Å². The van der Waals surface area contributed by atoms with Gasteiger partial charge in [-0.1, -0.05) is 52.0 Å². The van der Waals surface area contributed by atoms with E-state index in [0.717, 1.165) is 30.9 Å². The molecule has 130 valence electrons. The minimum Gasteiger partial charge on any atom is -0.423 e. The minimum atomic E-state index is -0.280. The van der Waals surface area contributed by atoms with Gasteiger partial charge in [-0.2, -0.15) is 0 Å². The van der Waals surface area contributed by atoms with Gasteiger partial charge in [0.2, 0.25) is 0 Å². The van der Waals surface area contributed by atoms with Crippen LogP contribution in [0.15, 0.2) is 15.3 Å². The molecule has 0 spiro atoms. The highest BCUT2D eigenvalue weighted by atomic mass is 35.5. The monoisotopic (exact) mass is 338 g/mol. The molecule has 0 unspecified atom stereocenters. The van der Waals surface area contributed by atoms with E-state index in [0.29, 0.717) is 17.4 Å². The van der Waals surface area contributed by atoms with E-state index in [1.54, 1.807) is 0 Å². The molecule has 1 aliphatic carbocycles. The summed E-state index contributed by atoms with van der Waals surface area (Å²) in [5.74, 6) is 0. The number of alkyl halides is 1. The molecule has 1 aliphatic rings. The van der Waals surface area contributed by atoms with E-state index < -0.39 is 0 Å². The van der Waals surface area contributed by atoms with Crippen LogP contribution in [0.3, 0.4) is 0 Å². The van der Waals surface area contributed by atoms with Crippen molar-refractivity contribution >= 4 is 23.8 Å². The van der Waals surface area contributed by atoms with Gasteiger partial charge in [-0.05, 0) is 45.3 Å². The summed E-state index contributed by atoms with van der Waals surface area (Å²) in [6.07, 6.45) is 12.5. The zero-order valence-corrected chi connectivity index (χ0v) is 15.8. The van der Waals surface area contributed by atoms with Crippen molar-refractivity contribution in [2.75, 3.05) is 0 Å². The molecule has 0 aliphatic heterocycles. The number of rotatable bonds is 2. The van der Waals surface area contributed by atoms with Gasteiger partial charge in [0.25, 0.3) is 0 Å². The summed E-state index contributed by atoms with van der Waals surface area (Å²) >= 11 is 6.83. The zero-order valence-electron chi connectivity index (χ0n) is 15.1. The lowest BCUT2D eigenvalue weighted by molar-refractivity contribution is 0.394. The lowest BCUT2D eigenvalue weighted by Crippen LogP contribution is -2.34. The van der Waals surface area contributed by atoms with Gasteiger partial charge in [0.05, 0.1) is 0 Å². The molecule has 0 bridgehead atoms. The van der Waals surface area contributed by atoms with Crippen molar-refractivity contribution in [2.45, 2.75) is 83.9 Å². The Bertz CT molecular complexity index is 635. The molecule has 1 fully saturated rings. The predicted octanol–water partition coefficient (Wildman–Crippen LogP) is 4.53. The Hall–Kier alpha value is -1.02. The van der Waals surface area contributed by atoms with Gasteiger partial charge in [-0.3, -0.25) is 0 Å². The number of hydrogen-bond acceptors (Lipinski definition) is 2. The maximum absolute atomic E-state index is 12.2. The van der Waals surface area contributed by atoms with Crippen LogP contribution >= 0.6 is 11.6 Å². The molecule has 1 saturated carbocycles. The molecule has 2 rings (SSSR count).